The highest BCUT2D eigenvalue weighted by Gasteiger charge is 2.20. The smallest absolute Gasteiger partial charge is 0.312 e. The lowest BCUT2D eigenvalue weighted by molar-refractivity contribution is -0.116. The summed E-state index contributed by atoms with van der Waals surface area (Å²) < 4.78 is 0. The van der Waals surface area contributed by atoms with Gasteiger partial charge in [0.1, 0.15) is 5.01 Å². The number of hydrogen-bond donors (Lipinski definition) is 3. The number of carbonyl (C=O) groups is 2. The summed E-state index contributed by atoms with van der Waals surface area (Å²) in [6, 6.07) is 6.39. The Morgan fingerprint density at radius 3 is 2.71 bits per heavy atom. The van der Waals surface area contributed by atoms with Crippen molar-refractivity contribution >= 4 is 28.4 Å². The highest BCUT2D eigenvalue weighted by molar-refractivity contribution is 7.15. The Labute approximate surface area is 144 Å². The second-order valence-corrected chi connectivity index (χ2v) is 6.48. The van der Waals surface area contributed by atoms with Crippen LogP contribution < -0.4 is 16.4 Å². The van der Waals surface area contributed by atoms with Crippen LogP contribution >= 0.6 is 11.3 Å². The third-order valence-corrected chi connectivity index (χ3v) is 4.35. The van der Waals surface area contributed by atoms with E-state index in [2.05, 4.69) is 27.8 Å². The third-order valence-electron chi connectivity index (χ3n) is 3.45. The predicted molar refractivity (Wildman–Crippen MR) is 93.8 cm³/mol. The van der Waals surface area contributed by atoms with Gasteiger partial charge in [0.2, 0.25) is 11.0 Å². The van der Waals surface area contributed by atoms with Gasteiger partial charge in [-0.1, -0.05) is 42.5 Å². The van der Waals surface area contributed by atoms with Crippen LogP contribution in [-0.2, 0) is 11.2 Å². The van der Waals surface area contributed by atoms with Crippen molar-refractivity contribution in [3.63, 3.8) is 0 Å². The SMILES string of the molecule is CCCc1nnc(NC(=O)C[C@@H](NC(N)=O)c2ccccc2C)s1. The van der Waals surface area contributed by atoms with Crippen molar-refractivity contribution in [3.05, 3.63) is 40.4 Å². The zero-order valence-electron chi connectivity index (χ0n) is 13.7. The Kier molecular flexibility index (Phi) is 6.25. The Bertz CT molecular complexity index is 716. The molecule has 2 aromatic rings. The van der Waals surface area contributed by atoms with Gasteiger partial charge in [-0.25, -0.2) is 4.79 Å². The standard InChI is InChI=1S/C16H21N5O2S/c1-3-6-14-20-21-16(24-14)19-13(22)9-12(18-15(17)23)11-8-5-4-7-10(11)2/h4-5,7-8,12H,3,6,9H2,1-2H3,(H3,17,18,23)(H,19,21,22)/t12-/m1/s1. The van der Waals surface area contributed by atoms with E-state index in [1.54, 1.807) is 0 Å². The van der Waals surface area contributed by atoms with Gasteiger partial charge in [0, 0.05) is 6.42 Å². The number of nitrogens with two attached hydrogens (primary N) is 1. The highest BCUT2D eigenvalue weighted by Crippen LogP contribution is 2.22. The second-order valence-electron chi connectivity index (χ2n) is 5.42. The van der Waals surface area contributed by atoms with Crippen LogP contribution in [0.3, 0.4) is 0 Å². The minimum Gasteiger partial charge on any atom is -0.352 e. The van der Waals surface area contributed by atoms with Crippen molar-refractivity contribution < 1.29 is 9.59 Å². The van der Waals surface area contributed by atoms with E-state index in [0.717, 1.165) is 29.0 Å². The van der Waals surface area contributed by atoms with Crippen molar-refractivity contribution in [3.8, 4) is 0 Å². The van der Waals surface area contributed by atoms with Crippen LogP contribution in [0.4, 0.5) is 9.93 Å². The second kappa shape index (κ2) is 8.39. The van der Waals surface area contributed by atoms with E-state index in [9.17, 15) is 9.59 Å². The molecule has 0 saturated heterocycles. The number of anilines is 1. The first-order valence-corrected chi connectivity index (χ1v) is 8.55. The molecule has 0 aliphatic rings. The van der Waals surface area contributed by atoms with Crippen LogP contribution in [0.25, 0.3) is 0 Å². The summed E-state index contributed by atoms with van der Waals surface area (Å²) in [6.07, 6.45) is 1.87. The topological polar surface area (TPSA) is 110 Å². The number of rotatable bonds is 7. The monoisotopic (exact) mass is 347 g/mol. The molecule has 7 nitrogen and oxygen atoms in total. The number of hydrogen-bond acceptors (Lipinski definition) is 5. The molecule has 24 heavy (non-hydrogen) atoms. The number of benzene rings is 1. The van der Waals surface area contributed by atoms with Gasteiger partial charge in [-0.05, 0) is 24.5 Å². The van der Waals surface area contributed by atoms with Crippen molar-refractivity contribution in [2.45, 2.75) is 39.2 Å². The number of amides is 3. The van der Waals surface area contributed by atoms with E-state index < -0.39 is 12.1 Å². The Hall–Kier alpha value is -2.48. The summed E-state index contributed by atoms with van der Waals surface area (Å²) >= 11 is 1.36. The van der Waals surface area contributed by atoms with E-state index in [0.29, 0.717) is 5.13 Å². The highest BCUT2D eigenvalue weighted by atomic mass is 32.1. The maximum atomic E-state index is 12.3. The molecule has 0 aliphatic heterocycles. The van der Waals surface area contributed by atoms with Gasteiger partial charge in [0.25, 0.3) is 0 Å². The van der Waals surface area contributed by atoms with Crippen LogP contribution in [-0.4, -0.2) is 22.1 Å². The maximum Gasteiger partial charge on any atom is 0.312 e. The van der Waals surface area contributed by atoms with E-state index in [-0.39, 0.29) is 12.3 Å². The molecular formula is C16H21N5O2S. The van der Waals surface area contributed by atoms with Gasteiger partial charge in [-0.2, -0.15) is 0 Å². The molecule has 1 aromatic heterocycles. The molecular weight excluding hydrogens is 326 g/mol. The summed E-state index contributed by atoms with van der Waals surface area (Å²) in [5.41, 5.74) is 7.08. The van der Waals surface area contributed by atoms with Crippen LogP contribution in [0.15, 0.2) is 24.3 Å². The minimum absolute atomic E-state index is 0.0660. The fourth-order valence-electron chi connectivity index (χ4n) is 2.36. The van der Waals surface area contributed by atoms with Crippen molar-refractivity contribution in [2.24, 2.45) is 5.73 Å². The lowest BCUT2D eigenvalue weighted by Gasteiger charge is -2.19. The number of nitrogens with zero attached hydrogens (tertiary/aromatic N) is 2. The molecule has 3 amide bonds. The first kappa shape index (κ1) is 17.9. The van der Waals surface area contributed by atoms with E-state index in [1.807, 2.05) is 31.2 Å². The Morgan fingerprint density at radius 1 is 1.29 bits per heavy atom. The van der Waals surface area contributed by atoms with Gasteiger partial charge in [-0.3, -0.25) is 4.79 Å². The molecule has 4 N–H and O–H groups in total. The fourth-order valence-corrected chi connectivity index (χ4v) is 3.22. The quantitative estimate of drug-likeness (QED) is 0.715. The summed E-state index contributed by atoms with van der Waals surface area (Å²) in [4.78, 5) is 23.6. The molecule has 0 unspecified atom stereocenters. The van der Waals surface area contributed by atoms with E-state index in [1.165, 1.54) is 11.3 Å². The molecule has 1 atom stereocenters. The van der Waals surface area contributed by atoms with E-state index >= 15 is 0 Å². The number of carbonyl (C=O) groups excluding carboxylic acids is 2. The maximum absolute atomic E-state index is 12.3. The molecule has 0 aliphatic carbocycles. The van der Waals surface area contributed by atoms with Crippen molar-refractivity contribution in [1.82, 2.24) is 15.5 Å². The summed E-state index contributed by atoms with van der Waals surface area (Å²) in [5, 5.41) is 14.7. The number of aryl methyl sites for hydroxylation is 2. The fraction of sp³-hybridized carbons (Fsp3) is 0.375. The summed E-state index contributed by atoms with van der Waals surface area (Å²) in [7, 11) is 0. The zero-order chi connectivity index (χ0) is 17.5. The summed E-state index contributed by atoms with van der Waals surface area (Å²) in [6.45, 7) is 3.98. The van der Waals surface area contributed by atoms with Crippen molar-refractivity contribution in [2.75, 3.05) is 5.32 Å². The minimum atomic E-state index is -0.669. The average Bonchev–Trinajstić information content (AvgIpc) is 2.94. The summed E-state index contributed by atoms with van der Waals surface area (Å²) in [5.74, 6) is -0.254. The first-order chi connectivity index (χ1) is 11.5. The first-order valence-electron chi connectivity index (χ1n) is 7.73. The third kappa shape index (κ3) is 5.02. The largest absolute Gasteiger partial charge is 0.352 e. The molecule has 0 bridgehead atoms. The number of nitrogens with one attached hydrogen (secondary N) is 2. The molecule has 0 saturated carbocycles. The molecule has 1 aromatic carbocycles. The molecule has 1 heterocycles. The van der Waals surface area contributed by atoms with Gasteiger partial charge in [0.15, 0.2) is 0 Å². The lowest BCUT2D eigenvalue weighted by atomic mass is 9.98. The van der Waals surface area contributed by atoms with Gasteiger partial charge in [-0.15, -0.1) is 10.2 Å². The van der Waals surface area contributed by atoms with Crippen LogP contribution in [0.1, 0.15) is 41.9 Å². The molecule has 0 fully saturated rings. The van der Waals surface area contributed by atoms with E-state index in [4.69, 9.17) is 5.73 Å². The molecule has 8 heteroatoms. The zero-order valence-corrected chi connectivity index (χ0v) is 14.5. The van der Waals surface area contributed by atoms with Crippen LogP contribution in [0, 0.1) is 6.92 Å². The number of primary amides is 1. The lowest BCUT2D eigenvalue weighted by Crippen LogP contribution is -2.35. The van der Waals surface area contributed by atoms with Crippen molar-refractivity contribution in [1.29, 1.82) is 0 Å². The normalized spacial score (nSPS) is 11.8. The van der Waals surface area contributed by atoms with Crippen LogP contribution in [0.5, 0.6) is 0 Å². The molecule has 128 valence electrons. The van der Waals surface area contributed by atoms with Gasteiger partial charge >= 0.3 is 6.03 Å². The molecule has 0 radical (unpaired) electrons. The van der Waals surface area contributed by atoms with Gasteiger partial charge < -0.3 is 16.4 Å². The Balaban J connectivity index is 2.06. The predicted octanol–water partition coefficient (Wildman–Crippen LogP) is 2.54. The number of urea groups is 1. The average molecular weight is 347 g/mol. The van der Waals surface area contributed by atoms with Gasteiger partial charge in [0.05, 0.1) is 12.5 Å². The Morgan fingerprint density at radius 2 is 2.04 bits per heavy atom. The molecule has 2 rings (SSSR count). The molecule has 0 spiro atoms. The number of aromatic nitrogens is 2. The van der Waals surface area contributed by atoms with Crippen LogP contribution in [0.2, 0.25) is 0 Å².